The van der Waals surface area contributed by atoms with Crippen LogP contribution in [0.1, 0.15) is 48.5 Å². The number of nitrogens with zero attached hydrogens (tertiary/aromatic N) is 3. The standard InChI is InChI=1S/C30H33F4N5O6S/c1-3-44-25(40)17-46(42,43)37-22-16-23(38-9-4-19(5-10-38)27(31)32)21(14-18(22)2)29(41)36-24-15-20-6-13-45-26(20)28(35-24)39-11-7-30(33,34)8-12-39/h6,13-16,37H,3-5,7-12,17H2,1-2H3,(H,35,36,41). The first-order valence-corrected chi connectivity index (χ1v) is 16.3. The summed E-state index contributed by atoms with van der Waals surface area (Å²) in [4.78, 5) is 33.6. The molecule has 2 aliphatic rings. The highest BCUT2D eigenvalue weighted by molar-refractivity contribution is 7.93. The average Bonchev–Trinajstić information content (AvgIpc) is 3.46. The Morgan fingerprint density at radius 2 is 1.76 bits per heavy atom. The van der Waals surface area contributed by atoms with E-state index in [9.17, 15) is 35.6 Å². The van der Waals surface area contributed by atoms with Gasteiger partial charge in [0.25, 0.3) is 17.9 Å². The van der Waals surface area contributed by atoms with Crippen LogP contribution in [-0.4, -0.2) is 69.7 Å². The van der Waals surface area contributed by atoms with Gasteiger partial charge < -0.3 is 24.3 Å². The third-order valence-corrected chi connectivity index (χ3v) is 9.04. The summed E-state index contributed by atoms with van der Waals surface area (Å²) in [7, 11) is -4.19. The minimum Gasteiger partial charge on any atom is -0.465 e. The molecule has 3 aromatic rings. The van der Waals surface area contributed by atoms with Gasteiger partial charge in [-0.05, 0) is 62.1 Å². The minimum absolute atomic E-state index is 0.00403. The molecule has 11 nitrogen and oxygen atoms in total. The molecule has 5 rings (SSSR count). The number of sulfonamides is 1. The second-order valence-corrected chi connectivity index (χ2v) is 12.9. The van der Waals surface area contributed by atoms with Gasteiger partial charge in [-0.1, -0.05) is 0 Å². The van der Waals surface area contributed by atoms with Crippen LogP contribution in [-0.2, 0) is 19.6 Å². The number of hydrogen-bond acceptors (Lipinski definition) is 9. The van der Waals surface area contributed by atoms with E-state index in [1.165, 1.54) is 18.4 Å². The highest BCUT2D eigenvalue weighted by Gasteiger charge is 2.35. The number of esters is 1. The number of amides is 1. The largest absolute Gasteiger partial charge is 0.465 e. The van der Waals surface area contributed by atoms with Gasteiger partial charge in [-0.2, -0.15) is 8.78 Å². The first-order chi connectivity index (χ1) is 21.7. The second kappa shape index (κ2) is 13.2. The summed E-state index contributed by atoms with van der Waals surface area (Å²) in [5, 5.41) is 3.34. The number of aromatic nitrogens is 1. The van der Waals surface area contributed by atoms with Crippen molar-refractivity contribution in [2.45, 2.75) is 45.5 Å². The first kappa shape index (κ1) is 33.0. The van der Waals surface area contributed by atoms with Crippen LogP contribution in [0.15, 0.2) is 46.6 Å². The first-order valence-electron chi connectivity index (χ1n) is 14.7. The average molecular weight is 668 g/mol. The van der Waals surface area contributed by atoms with Gasteiger partial charge in [0.15, 0.2) is 17.2 Å². The van der Waals surface area contributed by atoms with E-state index in [-0.39, 0.29) is 86.8 Å². The molecule has 0 unspecified atom stereocenters. The second-order valence-electron chi connectivity index (χ2n) is 11.2. The number of nitrogens with one attached hydrogen (secondary N) is 2. The molecule has 2 N–H and O–H groups in total. The van der Waals surface area contributed by atoms with E-state index < -0.39 is 39.7 Å². The number of ether oxygens (including phenoxy) is 1. The monoisotopic (exact) mass is 667 g/mol. The van der Waals surface area contributed by atoms with Crippen molar-refractivity contribution in [3.63, 3.8) is 0 Å². The molecule has 0 aliphatic carbocycles. The van der Waals surface area contributed by atoms with Gasteiger partial charge in [0.1, 0.15) is 5.82 Å². The van der Waals surface area contributed by atoms with Crippen LogP contribution < -0.4 is 19.8 Å². The van der Waals surface area contributed by atoms with Gasteiger partial charge in [-0.3, -0.25) is 14.3 Å². The Kier molecular flexibility index (Phi) is 9.47. The maximum atomic E-state index is 13.8. The van der Waals surface area contributed by atoms with Crippen molar-refractivity contribution in [1.29, 1.82) is 0 Å². The van der Waals surface area contributed by atoms with E-state index in [0.717, 1.165) is 0 Å². The summed E-state index contributed by atoms with van der Waals surface area (Å²) in [6.07, 6.45) is -0.947. The van der Waals surface area contributed by atoms with Crippen LogP contribution >= 0.6 is 0 Å². The number of furan rings is 1. The lowest BCUT2D eigenvalue weighted by Gasteiger charge is -2.33. The Bertz CT molecular complexity index is 1770. The maximum absolute atomic E-state index is 13.8. The van der Waals surface area contributed by atoms with Crippen molar-refractivity contribution in [1.82, 2.24) is 4.98 Å². The molecular formula is C30H33F4N5O6S. The van der Waals surface area contributed by atoms with Crippen LogP contribution in [0.4, 0.5) is 40.6 Å². The molecule has 4 heterocycles. The van der Waals surface area contributed by atoms with E-state index in [2.05, 4.69) is 15.0 Å². The maximum Gasteiger partial charge on any atom is 0.323 e. The van der Waals surface area contributed by atoms with Crippen molar-refractivity contribution in [2.24, 2.45) is 0 Å². The Labute approximate surface area is 262 Å². The summed E-state index contributed by atoms with van der Waals surface area (Å²) in [5.74, 6) is -4.84. The zero-order chi connectivity index (χ0) is 33.2. The van der Waals surface area contributed by atoms with Crippen LogP contribution in [0.2, 0.25) is 0 Å². The van der Waals surface area contributed by atoms with Gasteiger partial charge in [0, 0.05) is 44.4 Å². The summed E-state index contributed by atoms with van der Waals surface area (Å²) < 4.78 is 92.4. The molecular weight excluding hydrogens is 634 g/mol. The number of halogens is 4. The van der Waals surface area contributed by atoms with Gasteiger partial charge >= 0.3 is 5.97 Å². The Morgan fingerprint density at radius 3 is 2.41 bits per heavy atom. The van der Waals surface area contributed by atoms with Crippen molar-refractivity contribution < 1.29 is 44.7 Å². The molecule has 2 fully saturated rings. The molecule has 2 saturated heterocycles. The summed E-state index contributed by atoms with van der Waals surface area (Å²) in [5.41, 5.74) is 1.23. The van der Waals surface area contributed by atoms with Crippen molar-refractivity contribution >= 4 is 55.9 Å². The number of carbonyl (C=O) groups excluding carboxylic acids is 2. The smallest absolute Gasteiger partial charge is 0.323 e. The van der Waals surface area contributed by atoms with Crippen LogP contribution in [0.5, 0.6) is 0 Å². The number of carbonyl (C=O) groups is 2. The Hall–Kier alpha value is -4.34. The van der Waals surface area contributed by atoms with Gasteiger partial charge in [-0.15, -0.1) is 0 Å². The summed E-state index contributed by atoms with van der Waals surface area (Å²) in [6.45, 7) is 3.46. The fourth-order valence-electron chi connectivity index (χ4n) is 5.48. The molecule has 0 bridgehead atoms. The fourth-order valence-corrected chi connectivity index (χ4v) is 6.51. The minimum atomic E-state index is -4.19. The molecule has 16 heteroatoms. The topological polar surface area (TPSA) is 134 Å². The third kappa shape index (κ3) is 7.54. The number of alkyl halides is 2. The summed E-state index contributed by atoms with van der Waals surface area (Å²) in [6, 6.07) is 6.12. The number of aryl methyl sites for hydroxylation is 1. The predicted molar refractivity (Wildman–Crippen MR) is 164 cm³/mol. The van der Waals surface area contributed by atoms with Crippen molar-refractivity contribution in [3.8, 4) is 0 Å². The fraction of sp³-hybridized carbons (Fsp3) is 0.433. The zero-order valence-electron chi connectivity index (χ0n) is 25.2. The molecule has 2 aliphatic heterocycles. The van der Waals surface area contributed by atoms with E-state index in [0.29, 0.717) is 22.4 Å². The number of piperidine rings is 2. The predicted octanol–water partition coefficient (Wildman–Crippen LogP) is 5.68. The number of benzene rings is 1. The molecule has 2 aromatic heterocycles. The van der Waals surface area contributed by atoms with E-state index in [4.69, 9.17) is 9.15 Å². The number of hydrogen-bond donors (Lipinski definition) is 2. The zero-order valence-corrected chi connectivity index (χ0v) is 26.0. The normalized spacial score (nSPS) is 16.8. The van der Waals surface area contributed by atoms with Gasteiger partial charge in [-0.25, -0.2) is 22.2 Å². The number of rotatable bonds is 9. The number of fused-ring (bicyclic) bond motifs is 1. The SMILES string of the molecule is CCOC(=O)CS(=O)(=O)Nc1cc(N2CCC(=C(F)F)CC2)c(C(=O)Nc2cc3ccoc3c(N3CCC(F)(F)CC3)n2)cc1C. The lowest BCUT2D eigenvalue weighted by Crippen LogP contribution is -2.39. The molecule has 0 radical (unpaired) electrons. The number of pyridine rings is 1. The lowest BCUT2D eigenvalue weighted by molar-refractivity contribution is -0.139. The molecule has 0 saturated carbocycles. The molecule has 1 aromatic carbocycles. The third-order valence-electron chi connectivity index (χ3n) is 7.89. The van der Waals surface area contributed by atoms with Crippen LogP contribution in [0.25, 0.3) is 11.0 Å². The molecule has 1 amide bonds. The van der Waals surface area contributed by atoms with Crippen molar-refractivity contribution in [3.05, 3.63) is 53.3 Å². The Morgan fingerprint density at radius 1 is 1.07 bits per heavy atom. The molecule has 0 spiro atoms. The Balaban J connectivity index is 1.47. The van der Waals surface area contributed by atoms with Crippen LogP contribution in [0, 0.1) is 6.92 Å². The molecule has 248 valence electrons. The van der Waals surface area contributed by atoms with E-state index in [1.807, 2.05) is 0 Å². The van der Waals surface area contributed by atoms with Crippen LogP contribution in [0.3, 0.4) is 0 Å². The van der Waals surface area contributed by atoms with Gasteiger partial charge in [0.05, 0.1) is 29.8 Å². The van der Waals surface area contributed by atoms with Crippen molar-refractivity contribution in [2.75, 3.05) is 58.4 Å². The quantitative estimate of drug-likeness (QED) is 0.218. The highest BCUT2D eigenvalue weighted by atomic mass is 32.2. The van der Waals surface area contributed by atoms with Gasteiger partial charge in [0.2, 0.25) is 10.0 Å². The van der Waals surface area contributed by atoms with E-state index in [1.54, 1.807) is 35.8 Å². The lowest BCUT2D eigenvalue weighted by atomic mass is 10.0. The summed E-state index contributed by atoms with van der Waals surface area (Å²) >= 11 is 0. The highest BCUT2D eigenvalue weighted by Crippen LogP contribution is 2.36. The van der Waals surface area contributed by atoms with E-state index >= 15 is 0 Å². The molecule has 0 atom stereocenters. The molecule has 46 heavy (non-hydrogen) atoms. The number of anilines is 4.